The number of H-pyrrole nitrogens is 1. The van der Waals surface area contributed by atoms with Crippen molar-refractivity contribution in [2.45, 2.75) is 43.4 Å². The number of fused-ring (bicyclic) bond motifs is 2. The standard InChI is InChI=1S/C25H30FN7O3/c1-14(27-2)23(35)31-20(13-34)24(36)32-9-6-21-22(32)18(12-33(21)25-28-7-3-8-29-25)17-11-30-19-10-15(26)4-5-16(17)19/h3-5,7-8,10-11,14,18,20-22,27,30,34H,6,9,12-13H2,1-2H3,(H,31,35)/t14-,18+,20-,21+,22+/m0/s1. The average Bonchev–Trinajstić information content (AvgIpc) is 3.60. The molecule has 0 aliphatic carbocycles. The largest absolute Gasteiger partial charge is 0.394 e. The summed E-state index contributed by atoms with van der Waals surface area (Å²) in [6.45, 7) is 2.22. The van der Waals surface area contributed by atoms with E-state index >= 15 is 0 Å². The molecule has 0 saturated carbocycles. The van der Waals surface area contributed by atoms with E-state index in [4.69, 9.17) is 0 Å². The van der Waals surface area contributed by atoms with E-state index in [9.17, 15) is 19.1 Å². The van der Waals surface area contributed by atoms with Crippen molar-refractivity contribution in [3.8, 4) is 0 Å². The second kappa shape index (κ2) is 9.82. The Labute approximate surface area is 207 Å². The number of halogens is 1. The lowest BCUT2D eigenvalue weighted by Gasteiger charge is -2.31. The first-order valence-corrected chi connectivity index (χ1v) is 12.1. The van der Waals surface area contributed by atoms with Crippen molar-refractivity contribution in [3.63, 3.8) is 0 Å². The molecule has 4 heterocycles. The highest BCUT2D eigenvalue weighted by molar-refractivity contribution is 5.90. The van der Waals surface area contributed by atoms with Crippen molar-refractivity contribution in [3.05, 3.63) is 54.2 Å². The molecule has 2 amide bonds. The molecule has 0 spiro atoms. The number of aliphatic hydroxyl groups excluding tert-OH is 1. The van der Waals surface area contributed by atoms with Gasteiger partial charge in [-0.25, -0.2) is 14.4 Å². The summed E-state index contributed by atoms with van der Waals surface area (Å²) >= 11 is 0. The quantitative estimate of drug-likeness (QED) is 0.381. The minimum atomic E-state index is -1.05. The van der Waals surface area contributed by atoms with Crippen molar-refractivity contribution in [1.29, 1.82) is 0 Å². The van der Waals surface area contributed by atoms with Gasteiger partial charge in [0.2, 0.25) is 17.8 Å². The molecule has 36 heavy (non-hydrogen) atoms. The molecule has 11 heteroatoms. The summed E-state index contributed by atoms with van der Waals surface area (Å²) in [6.07, 6.45) is 5.96. The van der Waals surface area contributed by atoms with Gasteiger partial charge in [-0.2, -0.15) is 0 Å². The van der Waals surface area contributed by atoms with Crippen LogP contribution in [0.15, 0.2) is 42.9 Å². The summed E-state index contributed by atoms with van der Waals surface area (Å²) in [5, 5.41) is 16.4. The van der Waals surface area contributed by atoms with Crippen molar-refractivity contribution < 1.29 is 19.1 Å². The number of nitrogens with one attached hydrogen (secondary N) is 3. The fourth-order valence-electron chi connectivity index (χ4n) is 5.53. The molecule has 0 bridgehead atoms. The summed E-state index contributed by atoms with van der Waals surface area (Å²) in [4.78, 5) is 42.1. The number of likely N-dealkylation sites (tertiary alicyclic amines) is 1. The van der Waals surface area contributed by atoms with Crippen LogP contribution in [0.5, 0.6) is 0 Å². The molecule has 4 N–H and O–H groups in total. The van der Waals surface area contributed by atoms with Gasteiger partial charge < -0.3 is 30.5 Å². The molecule has 0 unspecified atom stereocenters. The molecule has 2 aromatic heterocycles. The number of likely N-dealkylation sites (N-methyl/N-ethyl adjacent to an activating group) is 1. The zero-order valence-corrected chi connectivity index (χ0v) is 20.2. The van der Waals surface area contributed by atoms with Crippen LogP contribution in [0.3, 0.4) is 0 Å². The number of carbonyl (C=O) groups is 2. The zero-order chi connectivity index (χ0) is 25.4. The number of aromatic amines is 1. The second-order valence-corrected chi connectivity index (χ2v) is 9.37. The number of aliphatic hydroxyl groups is 1. The molecule has 2 aliphatic heterocycles. The normalized spacial score (nSPS) is 23.1. The van der Waals surface area contributed by atoms with Gasteiger partial charge in [-0.15, -0.1) is 0 Å². The summed E-state index contributed by atoms with van der Waals surface area (Å²) in [5.74, 6) is -0.537. The zero-order valence-electron chi connectivity index (χ0n) is 20.2. The average molecular weight is 496 g/mol. The number of anilines is 1. The molecule has 0 radical (unpaired) electrons. The molecular weight excluding hydrogens is 465 g/mol. The Morgan fingerprint density at radius 3 is 2.81 bits per heavy atom. The molecular formula is C25H30FN7O3. The number of rotatable bonds is 7. The summed E-state index contributed by atoms with van der Waals surface area (Å²) in [6, 6.07) is 4.57. The van der Waals surface area contributed by atoms with Crippen molar-refractivity contribution in [2.24, 2.45) is 0 Å². The number of carbonyl (C=O) groups excluding carboxylic acids is 2. The molecule has 2 aliphatic rings. The van der Waals surface area contributed by atoms with Gasteiger partial charge >= 0.3 is 0 Å². The minimum Gasteiger partial charge on any atom is -0.394 e. The van der Waals surface area contributed by atoms with Crippen LogP contribution in [0.4, 0.5) is 10.3 Å². The van der Waals surface area contributed by atoms with E-state index in [1.165, 1.54) is 12.1 Å². The van der Waals surface area contributed by atoms with Crippen molar-refractivity contribution in [1.82, 2.24) is 30.5 Å². The highest BCUT2D eigenvalue weighted by Gasteiger charge is 2.52. The van der Waals surface area contributed by atoms with Crippen LogP contribution in [-0.2, 0) is 9.59 Å². The van der Waals surface area contributed by atoms with E-state index in [-0.39, 0.29) is 35.6 Å². The van der Waals surface area contributed by atoms with Crippen LogP contribution in [0.2, 0.25) is 0 Å². The van der Waals surface area contributed by atoms with Gasteiger partial charge in [0.15, 0.2) is 0 Å². The SMILES string of the molecule is CN[C@@H](C)C(=O)N[C@@H](CO)C(=O)N1CC[C@@H]2[C@H]1[C@@H](c1c[nH]c3cc(F)ccc13)CN2c1ncccn1. The van der Waals surface area contributed by atoms with E-state index in [0.717, 1.165) is 10.9 Å². The lowest BCUT2D eigenvalue weighted by atomic mass is 9.91. The molecule has 5 atom stereocenters. The Morgan fingerprint density at radius 1 is 1.31 bits per heavy atom. The van der Waals surface area contributed by atoms with Crippen LogP contribution in [-0.4, -0.2) is 87.7 Å². The third kappa shape index (κ3) is 4.18. The van der Waals surface area contributed by atoms with Gasteiger partial charge in [0, 0.05) is 48.5 Å². The maximum atomic E-state index is 13.8. The summed E-state index contributed by atoms with van der Waals surface area (Å²) in [7, 11) is 1.65. The first kappa shape index (κ1) is 24.1. The van der Waals surface area contributed by atoms with Gasteiger partial charge in [0.1, 0.15) is 11.9 Å². The second-order valence-electron chi connectivity index (χ2n) is 9.37. The number of aromatic nitrogens is 3. The van der Waals surface area contributed by atoms with Gasteiger partial charge in [-0.05, 0) is 50.2 Å². The highest BCUT2D eigenvalue weighted by atomic mass is 19.1. The van der Waals surface area contributed by atoms with Gasteiger partial charge in [0.25, 0.3) is 0 Å². The van der Waals surface area contributed by atoms with Crippen LogP contribution in [0.1, 0.15) is 24.8 Å². The Kier molecular flexibility index (Phi) is 6.59. The third-order valence-corrected chi connectivity index (χ3v) is 7.42. The molecule has 5 rings (SSSR count). The lowest BCUT2D eigenvalue weighted by Crippen LogP contribution is -2.55. The van der Waals surface area contributed by atoms with E-state index in [2.05, 4.69) is 30.5 Å². The molecule has 2 fully saturated rings. The Bertz CT molecular complexity index is 1250. The number of hydrogen-bond acceptors (Lipinski definition) is 7. The lowest BCUT2D eigenvalue weighted by molar-refractivity contribution is -0.138. The third-order valence-electron chi connectivity index (χ3n) is 7.42. The van der Waals surface area contributed by atoms with Gasteiger partial charge in [-0.3, -0.25) is 9.59 Å². The molecule has 190 valence electrons. The maximum absolute atomic E-state index is 13.8. The number of benzene rings is 1. The fraction of sp³-hybridized carbons (Fsp3) is 0.440. The summed E-state index contributed by atoms with van der Waals surface area (Å²) in [5.41, 5.74) is 1.67. The first-order chi connectivity index (χ1) is 17.4. The summed E-state index contributed by atoms with van der Waals surface area (Å²) < 4.78 is 13.8. The number of amides is 2. The van der Waals surface area contributed by atoms with E-state index < -0.39 is 18.7 Å². The predicted octanol–water partition coefficient (Wildman–Crippen LogP) is 0.755. The molecule has 10 nitrogen and oxygen atoms in total. The highest BCUT2D eigenvalue weighted by Crippen LogP contribution is 2.44. The molecule has 3 aromatic rings. The topological polar surface area (TPSA) is 126 Å². The van der Waals surface area contributed by atoms with E-state index in [1.807, 2.05) is 6.20 Å². The Morgan fingerprint density at radius 2 is 2.08 bits per heavy atom. The number of nitrogens with zero attached hydrogens (tertiary/aromatic N) is 4. The van der Waals surface area contributed by atoms with Crippen molar-refractivity contribution >= 4 is 28.7 Å². The monoisotopic (exact) mass is 495 g/mol. The van der Waals surface area contributed by atoms with Crippen LogP contribution >= 0.6 is 0 Å². The minimum absolute atomic E-state index is 0.0435. The van der Waals surface area contributed by atoms with Crippen LogP contribution in [0.25, 0.3) is 10.9 Å². The van der Waals surface area contributed by atoms with Crippen LogP contribution < -0.4 is 15.5 Å². The maximum Gasteiger partial charge on any atom is 0.247 e. The first-order valence-electron chi connectivity index (χ1n) is 12.1. The molecule has 1 aromatic carbocycles. The molecule has 2 saturated heterocycles. The van der Waals surface area contributed by atoms with Crippen molar-refractivity contribution in [2.75, 3.05) is 31.6 Å². The Hall–Kier alpha value is -3.57. The van der Waals surface area contributed by atoms with Crippen LogP contribution in [0, 0.1) is 5.82 Å². The van der Waals surface area contributed by atoms with E-state index in [1.54, 1.807) is 43.4 Å². The number of hydrogen-bond donors (Lipinski definition) is 4. The van der Waals surface area contributed by atoms with Gasteiger partial charge in [-0.1, -0.05) is 0 Å². The van der Waals surface area contributed by atoms with E-state index in [0.29, 0.717) is 31.0 Å². The Balaban J connectivity index is 1.50. The smallest absolute Gasteiger partial charge is 0.247 e. The fourth-order valence-corrected chi connectivity index (χ4v) is 5.53. The predicted molar refractivity (Wildman–Crippen MR) is 132 cm³/mol. The van der Waals surface area contributed by atoms with Gasteiger partial charge in [0.05, 0.1) is 24.7 Å².